The predicted octanol–water partition coefficient (Wildman–Crippen LogP) is 0.901. The number of benzene rings is 1. The number of fused-ring (bicyclic) bond motifs is 1. The zero-order chi connectivity index (χ0) is 13.8. The normalized spacial score (nSPS) is 17.4. The molecule has 0 saturated carbocycles. The van der Waals surface area contributed by atoms with E-state index in [-0.39, 0.29) is 6.54 Å². The third-order valence-corrected chi connectivity index (χ3v) is 3.06. The Hall–Kier alpha value is -1.60. The second-order valence-corrected chi connectivity index (χ2v) is 4.45. The summed E-state index contributed by atoms with van der Waals surface area (Å²) >= 11 is 0. The first-order valence-corrected chi connectivity index (χ1v) is 6.34. The van der Waals surface area contributed by atoms with Crippen LogP contribution in [0.25, 0.3) is 0 Å². The fraction of sp³-hybridized carbons (Fsp3) is 0.500. The summed E-state index contributed by atoms with van der Waals surface area (Å²) in [4.78, 5) is 10.1. The molecule has 7 heteroatoms. The van der Waals surface area contributed by atoms with E-state index < -0.39 is 18.1 Å². The van der Waals surface area contributed by atoms with Crippen molar-refractivity contribution < 1.29 is 19.3 Å². The Labute approximate surface area is 111 Å². The van der Waals surface area contributed by atoms with Crippen LogP contribution in [0.4, 0.5) is 0 Å². The highest BCUT2D eigenvalue weighted by Gasteiger charge is 2.40. The lowest BCUT2D eigenvalue weighted by atomic mass is 9.78. The van der Waals surface area contributed by atoms with E-state index in [0.717, 1.165) is 12.8 Å². The number of ether oxygens (including phenoxy) is 1. The van der Waals surface area contributed by atoms with Gasteiger partial charge in [-0.25, -0.2) is 0 Å². The molecule has 0 aliphatic carbocycles. The van der Waals surface area contributed by atoms with Gasteiger partial charge in [0.05, 0.1) is 6.61 Å². The molecule has 0 bridgehead atoms. The van der Waals surface area contributed by atoms with E-state index >= 15 is 0 Å². The minimum atomic E-state index is -1.15. The van der Waals surface area contributed by atoms with Crippen LogP contribution in [-0.2, 0) is 4.65 Å². The fourth-order valence-electron chi connectivity index (χ4n) is 2.13. The molecule has 0 spiro atoms. The molecule has 1 N–H and O–H groups in total. The van der Waals surface area contributed by atoms with Gasteiger partial charge in [0.25, 0.3) is 0 Å². The molecule has 19 heavy (non-hydrogen) atoms. The Balaban J connectivity index is 2.20. The molecular weight excluding hydrogens is 249 g/mol. The van der Waals surface area contributed by atoms with Crippen LogP contribution in [0, 0.1) is 10.1 Å². The smallest absolute Gasteiger partial charge is 0.494 e. The summed E-state index contributed by atoms with van der Waals surface area (Å²) in [5, 5.41) is 20.5. The van der Waals surface area contributed by atoms with Crippen LogP contribution in [0.1, 0.15) is 31.4 Å². The number of nitro groups is 1. The molecule has 1 aliphatic rings. The summed E-state index contributed by atoms with van der Waals surface area (Å²) in [5.74, 6) is 0.546. The summed E-state index contributed by atoms with van der Waals surface area (Å²) in [6, 6.07) is 5.23. The van der Waals surface area contributed by atoms with Crippen molar-refractivity contribution in [1.82, 2.24) is 0 Å². The van der Waals surface area contributed by atoms with Crippen molar-refractivity contribution in [2.24, 2.45) is 0 Å². The molecule has 1 atom stereocenters. The van der Waals surface area contributed by atoms with Gasteiger partial charge >= 0.3 is 7.12 Å². The van der Waals surface area contributed by atoms with Gasteiger partial charge in [-0.2, -0.15) is 0 Å². The van der Waals surface area contributed by atoms with Crippen molar-refractivity contribution in [1.29, 1.82) is 0 Å². The molecule has 1 aromatic carbocycles. The summed E-state index contributed by atoms with van der Waals surface area (Å²) < 4.78 is 10.8. The summed E-state index contributed by atoms with van der Waals surface area (Å²) in [6.07, 6.45) is 1.21. The maximum Gasteiger partial charge on any atom is 0.496 e. The summed E-state index contributed by atoms with van der Waals surface area (Å²) in [6.45, 7) is 2.26. The summed E-state index contributed by atoms with van der Waals surface area (Å²) in [5.41, 5.74) is 1.16. The topological polar surface area (TPSA) is 81.8 Å². The quantitative estimate of drug-likeness (QED) is 0.357. The van der Waals surface area contributed by atoms with Gasteiger partial charge in [-0.15, -0.1) is 0 Å². The van der Waals surface area contributed by atoms with E-state index in [2.05, 4.69) is 6.92 Å². The van der Waals surface area contributed by atoms with Gasteiger partial charge in [-0.1, -0.05) is 25.5 Å². The van der Waals surface area contributed by atoms with E-state index in [1.165, 1.54) is 0 Å². The lowest BCUT2D eigenvalue weighted by Crippen LogP contribution is -2.30. The zero-order valence-corrected chi connectivity index (χ0v) is 10.7. The van der Waals surface area contributed by atoms with E-state index in [1.807, 2.05) is 0 Å². The Morgan fingerprint density at radius 2 is 2.37 bits per heavy atom. The van der Waals surface area contributed by atoms with Gasteiger partial charge in [0, 0.05) is 10.4 Å². The predicted molar refractivity (Wildman–Crippen MR) is 70.1 cm³/mol. The fourth-order valence-corrected chi connectivity index (χ4v) is 2.13. The Morgan fingerprint density at radius 3 is 3.05 bits per heavy atom. The molecule has 102 valence electrons. The highest BCUT2D eigenvalue weighted by Crippen LogP contribution is 2.27. The monoisotopic (exact) mass is 265 g/mol. The van der Waals surface area contributed by atoms with Crippen molar-refractivity contribution >= 4 is 12.6 Å². The maximum absolute atomic E-state index is 10.6. The molecule has 0 saturated heterocycles. The molecule has 0 amide bonds. The first-order valence-electron chi connectivity index (χ1n) is 6.34. The molecule has 0 radical (unpaired) electrons. The van der Waals surface area contributed by atoms with Crippen LogP contribution >= 0.6 is 0 Å². The maximum atomic E-state index is 10.6. The standard InChI is InChI=1S/C12H16BNO5/c1-2-3-7-18-10-6-4-5-9-11(8-14(16)17)19-13(15)12(9)10/h4-6,11,15H,2-3,7-8H2,1H3/t11-/m1/s1. The van der Waals surface area contributed by atoms with Crippen LogP contribution in [0.2, 0.25) is 0 Å². The van der Waals surface area contributed by atoms with Gasteiger partial charge in [0.2, 0.25) is 6.54 Å². The van der Waals surface area contributed by atoms with Crippen molar-refractivity contribution in [3.05, 3.63) is 33.9 Å². The first-order chi connectivity index (χ1) is 9.13. The van der Waals surface area contributed by atoms with Gasteiger partial charge in [-0.05, 0) is 18.1 Å². The lowest BCUT2D eigenvalue weighted by Gasteiger charge is -2.10. The van der Waals surface area contributed by atoms with Gasteiger partial charge in [-0.3, -0.25) is 10.1 Å². The van der Waals surface area contributed by atoms with Crippen molar-refractivity contribution in [2.75, 3.05) is 13.2 Å². The minimum absolute atomic E-state index is 0.359. The van der Waals surface area contributed by atoms with Crippen LogP contribution in [0.3, 0.4) is 0 Å². The Morgan fingerprint density at radius 1 is 1.58 bits per heavy atom. The third-order valence-electron chi connectivity index (χ3n) is 3.06. The van der Waals surface area contributed by atoms with E-state index in [9.17, 15) is 15.1 Å². The molecule has 1 heterocycles. The molecule has 6 nitrogen and oxygen atoms in total. The van der Waals surface area contributed by atoms with Crippen molar-refractivity contribution in [3.8, 4) is 5.75 Å². The second kappa shape index (κ2) is 6.03. The van der Waals surface area contributed by atoms with Gasteiger partial charge < -0.3 is 14.4 Å². The molecular formula is C12H16BNO5. The zero-order valence-electron chi connectivity index (χ0n) is 10.7. The van der Waals surface area contributed by atoms with Crippen molar-refractivity contribution in [3.63, 3.8) is 0 Å². The van der Waals surface area contributed by atoms with Crippen LogP contribution < -0.4 is 10.2 Å². The third kappa shape index (κ3) is 3.05. The highest BCUT2D eigenvalue weighted by atomic mass is 16.6. The summed E-state index contributed by atoms with van der Waals surface area (Å²) in [7, 11) is -1.15. The lowest BCUT2D eigenvalue weighted by molar-refractivity contribution is -0.490. The van der Waals surface area contributed by atoms with Crippen LogP contribution in [-0.4, -0.2) is 30.2 Å². The first kappa shape index (κ1) is 13.8. The van der Waals surface area contributed by atoms with Gasteiger partial charge in [0.15, 0.2) is 0 Å². The molecule has 1 aromatic rings. The van der Waals surface area contributed by atoms with Crippen LogP contribution in [0.15, 0.2) is 18.2 Å². The number of nitrogens with zero attached hydrogens (tertiary/aromatic N) is 1. The number of hydrogen-bond donors (Lipinski definition) is 1. The minimum Gasteiger partial charge on any atom is -0.494 e. The number of hydrogen-bond acceptors (Lipinski definition) is 5. The van der Waals surface area contributed by atoms with E-state index in [1.54, 1.807) is 18.2 Å². The molecule has 0 unspecified atom stereocenters. The van der Waals surface area contributed by atoms with Crippen molar-refractivity contribution in [2.45, 2.75) is 25.9 Å². The average Bonchev–Trinajstić information content (AvgIpc) is 2.67. The highest BCUT2D eigenvalue weighted by molar-refractivity contribution is 6.62. The van der Waals surface area contributed by atoms with Gasteiger partial charge in [0.1, 0.15) is 11.9 Å². The molecule has 0 aromatic heterocycles. The largest absolute Gasteiger partial charge is 0.496 e. The Bertz CT molecular complexity index is 467. The number of rotatable bonds is 6. The van der Waals surface area contributed by atoms with Crippen LogP contribution in [0.5, 0.6) is 5.75 Å². The van der Waals surface area contributed by atoms with E-state index in [0.29, 0.717) is 23.4 Å². The van der Waals surface area contributed by atoms with E-state index in [4.69, 9.17) is 9.39 Å². The molecule has 0 fully saturated rings. The average molecular weight is 265 g/mol. The second-order valence-electron chi connectivity index (χ2n) is 4.45. The SMILES string of the molecule is CCCCOc1cccc2c1B(O)O[C@@H]2C[N+](=O)[O-]. The Kier molecular flexibility index (Phi) is 4.39. The molecule has 2 rings (SSSR count). The molecule has 1 aliphatic heterocycles. The number of unbranched alkanes of at least 4 members (excludes halogenated alkanes) is 1.